The number of amides is 1. The Morgan fingerprint density at radius 3 is 2.64 bits per heavy atom. The van der Waals surface area contributed by atoms with E-state index < -0.39 is 0 Å². The van der Waals surface area contributed by atoms with Crippen molar-refractivity contribution in [1.29, 1.82) is 0 Å². The van der Waals surface area contributed by atoms with Crippen LogP contribution in [0.25, 0.3) is 0 Å². The number of hydrogen-bond donors (Lipinski definition) is 1. The van der Waals surface area contributed by atoms with Crippen LogP contribution in [-0.4, -0.2) is 34.7 Å². The second-order valence-electron chi connectivity index (χ2n) is 6.03. The molecule has 2 aromatic rings. The van der Waals surface area contributed by atoms with E-state index in [0.29, 0.717) is 23.6 Å². The number of aliphatic hydroxyl groups excluding tert-OH is 1. The minimum absolute atomic E-state index is 0.0656. The Hall–Kier alpha value is -2.14. The lowest BCUT2D eigenvalue weighted by Gasteiger charge is -2.24. The van der Waals surface area contributed by atoms with Crippen molar-refractivity contribution >= 4 is 5.91 Å². The van der Waals surface area contributed by atoms with Crippen molar-refractivity contribution in [2.75, 3.05) is 13.6 Å². The summed E-state index contributed by atoms with van der Waals surface area (Å²) in [5.74, 6) is 0.301. The lowest BCUT2D eigenvalue weighted by atomic mass is 9.95. The third-order valence-electron chi connectivity index (χ3n) is 4.42. The van der Waals surface area contributed by atoms with Gasteiger partial charge in [-0.3, -0.25) is 4.79 Å². The second-order valence-corrected chi connectivity index (χ2v) is 6.03. The number of nitrogens with zero attached hydrogens (tertiary/aromatic N) is 2. The summed E-state index contributed by atoms with van der Waals surface area (Å²) in [7, 11) is 1.79. The first-order valence-electron chi connectivity index (χ1n) is 7.44. The zero-order valence-electron chi connectivity index (χ0n) is 12.9. The Kier molecular flexibility index (Phi) is 3.74. The first-order valence-corrected chi connectivity index (χ1v) is 7.44. The zero-order chi connectivity index (χ0) is 15.7. The van der Waals surface area contributed by atoms with Gasteiger partial charge in [-0.15, -0.1) is 0 Å². The lowest BCUT2D eigenvalue weighted by molar-refractivity contribution is 0.0777. The highest BCUT2D eigenvalue weighted by molar-refractivity contribution is 5.96. The van der Waals surface area contributed by atoms with E-state index in [1.54, 1.807) is 18.9 Å². The molecule has 1 aromatic carbocycles. The molecule has 1 saturated carbocycles. The molecule has 0 spiro atoms. The molecule has 0 atom stereocenters. The molecule has 1 amide bonds. The van der Waals surface area contributed by atoms with E-state index in [0.717, 1.165) is 12.8 Å². The van der Waals surface area contributed by atoms with Gasteiger partial charge in [0, 0.05) is 19.0 Å². The second kappa shape index (κ2) is 5.57. The summed E-state index contributed by atoms with van der Waals surface area (Å²) in [4.78, 5) is 14.4. The van der Waals surface area contributed by atoms with Gasteiger partial charge in [-0.05, 0) is 25.3 Å². The summed E-state index contributed by atoms with van der Waals surface area (Å²) < 4.78 is 5.03. The molecular formula is C17H20N2O3. The number of benzene rings is 1. The molecule has 116 valence electrons. The van der Waals surface area contributed by atoms with Crippen LogP contribution in [0.15, 0.2) is 34.9 Å². The van der Waals surface area contributed by atoms with Crippen LogP contribution in [0.3, 0.4) is 0 Å². The highest BCUT2D eigenvalue weighted by atomic mass is 16.5. The van der Waals surface area contributed by atoms with Crippen molar-refractivity contribution in [3.8, 4) is 0 Å². The molecule has 1 heterocycles. The Bertz CT molecular complexity index is 674. The van der Waals surface area contributed by atoms with Crippen molar-refractivity contribution in [3.05, 3.63) is 52.9 Å². The molecule has 1 fully saturated rings. The summed E-state index contributed by atoms with van der Waals surface area (Å²) >= 11 is 0. The number of aryl methyl sites for hydroxylation is 1. The van der Waals surface area contributed by atoms with E-state index in [-0.39, 0.29) is 17.9 Å². The summed E-state index contributed by atoms with van der Waals surface area (Å²) in [6.07, 6.45) is 2.17. The standard InChI is InChI=1S/C17H20N2O3/c1-12-15(14(10-20)18-22-12)16(21)19(2)11-17(8-9-17)13-6-4-3-5-7-13/h3-7,20H,8-11H2,1-2H3. The average molecular weight is 300 g/mol. The van der Waals surface area contributed by atoms with E-state index in [4.69, 9.17) is 4.52 Å². The molecule has 3 rings (SSSR count). The van der Waals surface area contributed by atoms with Crippen LogP contribution >= 0.6 is 0 Å². The van der Waals surface area contributed by atoms with Crippen molar-refractivity contribution < 1.29 is 14.4 Å². The van der Waals surface area contributed by atoms with Crippen molar-refractivity contribution in [2.45, 2.75) is 31.8 Å². The van der Waals surface area contributed by atoms with Crippen molar-refractivity contribution in [3.63, 3.8) is 0 Å². The van der Waals surface area contributed by atoms with E-state index in [1.165, 1.54) is 5.56 Å². The SMILES string of the molecule is Cc1onc(CO)c1C(=O)N(C)CC1(c2ccccc2)CC1. The van der Waals surface area contributed by atoms with Crippen LogP contribution in [-0.2, 0) is 12.0 Å². The third kappa shape index (κ3) is 2.52. The number of hydrogen-bond acceptors (Lipinski definition) is 4. The fourth-order valence-corrected chi connectivity index (χ4v) is 3.00. The van der Waals surface area contributed by atoms with E-state index in [2.05, 4.69) is 17.3 Å². The maximum atomic E-state index is 12.7. The summed E-state index contributed by atoms with van der Waals surface area (Å²) in [5, 5.41) is 13.0. The molecule has 1 aliphatic carbocycles. The number of likely N-dealkylation sites (N-methyl/N-ethyl adjacent to an activating group) is 1. The molecule has 0 unspecified atom stereocenters. The Labute approximate surface area is 129 Å². The smallest absolute Gasteiger partial charge is 0.259 e. The third-order valence-corrected chi connectivity index (χ3v) is 4.42. The summed E-state index contributed by atoms with van der Waals surface area (Å²) in [6.45, 7) is 2.05. The average Bonchev–Trinajstić information content (AvgIpc) is 3.22. The van der Waals surface area contributed by atoms with Gasteiger partial charge in [0.2, 0.25) is 0 Å². The van der Waals surface area contributed by atoms with Crippen LogP contribution in [0.2, 0.25) is 0 Å². The van der Waals surface area contributed by atoms with Gasteiger partial charge < -0.3 is 14.5 Å². The van der Waals surface area contributed by atoms with Crippen LogP contribution in [0.1, 0.15) is 40.2 Å². The maximum absolute atomic E-state index is 12.7. The highest BCUT2D eigenvalue weighted by Gasteiger charge is 2.45. The molecular weight excluding hydrogens is 280 g/mol. The Balaban J connectivity index is 1.79. The molecule has 1 aliphatic rings. The van der Waals surface area contributed by atoms with E-state index >= 15 is 0 Å². The largest absolute Gasteiger partial charge is 0.390 e. The van der Waals surface area contributed by atoms with Crippen molar-refractivity contribution in [1.82, 2.24) is 10.1 Å². The number of rotatable bonds is 5. The number of aliphatic hydroxyl groups is 1. The molecule has 0 saturated heterocycles. The number of carbonyl (C=O) groups is 1. The predicted molar refractivity (Wildman–Crippen MR) is 81.5 cm³/mol. The fraction of sp³-hybridized carbons (Fsp3) is 0.412. The minimum Gasteiger partial charge on any atom is -0.390 e. The summed E-state index contributed by atoms with van der Waals surface area (Å²) in [5.41, 5.74) is 2.03. The highest BCUT2D eigenvalue weighted by Crippen LogP contribution is 2.48. The van der Waals surface area contributed by atoms with Gasteiger partial charge in [0.15, 0.2) is 0 Å². The predicted octanol–water partition coefficient (Wildman–Crippen LogP) is 2.28. The lowest BCUT2D eigenvalue weighted by Crippen LogP contribution is -2.35. The zero-order valence-corrected chi connectivity index (χ0v) is 12.9. The van der Waals surface area contributed by atoms with Crippen LogP contribution in [0.5, 0.6) is 0 Å². The van der Waals surface area contributed by atoms with Gasteiger partial charge in [0.05, 0.1) is 6.61 Å². The van der Waals surface area contributed by atoms with Gasteiger partial charge in [0.1, 0.15) is 17.0 Å². The van der Waals surface area contributed by atoms with Crippen LogP contribution in [0, 0.1) is 6.92 Å². The van der Waals surface area contributed by atoms with Crippen molar-refractivity contribution in [2.24, 2.45) is 0 Å². The molecule has 0 bridgehead atoms. The van der Waals surface area contributed by atoms with Gasteiger partial charge in [0.25, 0.3) is 5.91 Å². The Morgan fingerprint density at radius 2 is 2.05 bits per heavy atom. The fourth-order valence-electron chi connectivity index (χ4n) is 3.00. The van der Waals surface area contributed by atoms with Gasteiger partial charge >= 0.3 is 0 Å². The van der Waals surface area contributed by atoms with Gasteiger partial charge in [-0.25, -0.2) is 0 Å². The summed E-state index contributed by atoms with van der Waals surface area (Å²) in [6, 6.07) is 10.3. The molecule has 1 N–H and O–H groups in total. The minimum atomic E-state index is -0.296. The number of carbonyl (C=O) groups excluding carboxylic acids is 1. The molecule has 0 radical (unpaired) electrons. The van der Waals surface area contributed by atoms with Crippen LogP contribution < -0.4 is 0 Å². The quantitative estimate of drug-likeness (QED) is 0.920. The first-order chi connectivity index (χ1) is 10.6. The van der Waals surface area contributed by atoms with Crippen LogP contribution in [0.4, 0.5) is 0 Å². The van der Waals surface area contributed by atoms with Gasteiger partial charge in [-0.2, -0.15) is 0 Å². The maximum Gasteiger partial charge on any atom is 0.259 e. The molecule has 5 nitrogen and oxygen atoms in total. The molecule has 1 aromatic heterocycles. The normalized spacial score (nSPS) is 15.6. The van der Waals surface area contributed by atoms with E-state index in [1.807, 2.05) is 18.2 Å². The monoisotopic (exact) mass is 300 g/mol. The van der Waals surface area contributed by atoms with Gasteiger partial charge in [-0.1, -0.05) is 35.5 Å². The Morgan fingerprint density at radius 1 is 1.36 bits per heavy atom. The topological polar surface area (TPSA) is 66.6 Å². The molecule has 0 aliphatic heterocycles. The number of aromatic nitrogens is 1. The molecule has 22 heavy (non-hydrogen) atoms. The first kappa shape index (κ1) is 14.8. The molecule has 5 heteroatoms. The van der Waals surface area contributed by atoms with E-state index in [9.17, 15) is 9.90 Å².